The molecule has 2 heterocycles. The molecule has 3 aromatic rings. The minimum Gasteiger partial charge on any atom is -0.344 e. The van der Waals surface area contributed by atoms with Gasteiger partial charge in [0.1, 0.15) is 11.6 Å². The first kappa shape index (κ1) is 32.0. The van der Waals surface area contributed by atoms with E-state index in [1.807, 2.05) is 52.1 Å². The van der Waals surface area contributed by atoms with Gasteiger partial charge < -0.3 is 15.2 Å². The fraction of sp³-hybridized carbons (Fsp3) is 0.387. The fourth-order valence-electron chi connectivity index (χ4n) is 4.87. The molecule has 0 spiro atoms. The first-order chi connectivity index (χ1) is 19.4. The van der Waals surface area contributed by atoms with Crippen LogP contribution in [0.3, 0.4) is 0 Å². The third-order valence-corrected chi connectivity index (χ3v) is 6.96. The molecule has 1 saturated heterocycles. The third kappa shape index (κ3) is 8.74. The van der Waals surface area contributed by atoms with Gasteiger partial charge in [-0.3, -0.25) is 19.7 Å². The molecule has 0 saturated carbocycles. The molecule has 0 bridgehead atoms. The lowest BCUT2D eigenvalue weighted by Gasteiger charge is -2.41. The molecule has 1 unspecified atom stereocenters. The Morgan fingerprint density at radius 2 is 1.73 bits per heavy atom. The SMILES string of the molecule is CC(C)(C)C(c1cc(-c2cc(F)ccc2F)cn1Cc1ccccc1)N(CCCN)C(=O)CS.O=C1CCC(=O)N1. The van der Waals surface area contributed by atoms with Crippen LogP contribution in [0.25, 0.3) is 11.1 Å². The summed E-state index contributed by atoms with van der Waals surface area (Å²) in [5.41, 5.74) is 8.09. The number of imide groups is 1. The predicted octanol–water partition coefficient (Wildman–Crippen LogP) is 5.10. The molecular weight excluding hydrogens is 546 g/mol. The van der Waals surface area contributed by atoms with Gasteiger partial charge in [0.2, 0.25) is 17.7 Å². The lowest BCUT2D eigenvalue weighted by Crippen LogP contribution is -2.43. The molecule has 41 heavy (non-hydrogen) atoms. The van der Waals surface area contributed by atoms with Crippen LogP contribution in [0.2, 0.25) is 0 Å². The number of nitrogens with zero attached hydrogens (tertiary/aromatic N) is 2. The molecule has 2 aromatic carbocycles. The first-order valence-electron chi connectivity index (χ1n) is 13.6. The van der Waals surface area contributed by atoms with Crippen molar-refractivity contribution >= 4 is 30.4 Å². The molecule has 1 fully saturated rings. The van der Waals surface area contributed by atoms with Crippen molar-refractivity contribution in [3.05, 3.63) is 83.7 Å². The van der Waals surface area contributed by atoms with Crippen molar-refractivity contribution in [1.29, 1.82) is 0 Å². The summed E-state index contributed by atoms with van der Waals surface area (Å²) >= 11 is 4.25. The van der Waals surface area contributed by atoms with E-state index >= 15 is 0 Å². The molecule has 7 nitrogen and oxygen atoms in total. The fourth-order valence-corrected chi connectivity index (χ4v) is 5.05. The van der Waals surface area contributed by atoms with E-state index in [-0.39, 0.29) is 40.5 Å². The predicted molar refractivity (Wildman–Crippen MR) is 159 cm³/mol. The zero-order chi connectivity index (χ0) is 30.2. The Labute approximate surface area is 245 Å². The van der Waals surface area contributed by atoms with Gasteiger partial charge in [0, 0.05) is 48.9 Å². The molecule has 0 radical (unpaired) electrons. The second-order valence-corrected chi connectivity index (χ2v) is 11.3. The number of hydrogen-bond acceptors (Lipinski definition) is 5. The van der Waals surface area contributed by atoms with Crippen LogP contribution < -0.4 is 11.1 Å². The minimum atomic E-state index is -0.504. The van der Waals surface area contributed by atoms with Crippen LogP contribution >= 0.6 is 12.6 Å². The maximum absolute atomic E-state index is 14.7. The molecule has 10 heteroatoms. The number of amides is 3. The molecule has 4 rings (SSSR count). The number of rotatable bonds is 9. The summed E-state index contributed by atoms with van der Waals surface area (Å²) in [5.74, 6) is -1.32. The Hall–Kier alpha value is -3.50. The van der Waals surface area contributed by atoms with Crippen molar-refractivity contribution in [2.45, 2.75) is 52.6 Å². The lowest BCUT2D eigenvalue weighted by atomic mass is 9.83. The maximum atomic E-state index is 14.7. The van der Waals surface area contributed by atoms with Gasteiger partial charge in [0.15, 0.2) is 0 Å². The molecule has 1 aliphatic heterocycles. The van der Waals surface area contributed by atoms with E-state index in [4.69, 9.17) is 5.73 Å². The monoisotopic (exact) mass is 584 g/mol. The summed E-state index contributed by atoms with van der Waals surface area (Å²) in [6.07, 6.45) is 3.24. The lowest BCUT2D eigenvalue weighted by molar-refractivity contribution is -0.133. The Bertz CT molecular complexity index is 1340. The van der Waals surface area contributed by atoms with Gasteiger partial charge in [-0.25, -0.2) is 8.78 Å². The number of carbonyl (C=O) groups excluding carboxylic acids is 3. The highest BCUT2D eigenvalue weighted by molar-refractivity contribution is 7.81. The zero-order valence-corrected chi connectivity index (χ0v) is 24.6. The Morgan fingerprint density at radius 1 is 1.07 bits per heavy atom. The number of hydrogen-bond donors (Lipinski definition) is 3. The van der Waals surface area contributed by atoms with Gasteiger partial charge in [0.05, 0.1) is 11.8 Å². The van der Waals surface area contributed by atoms with E-state index in [0.29, 0.717) is 44.5 Å². The molecule has 1 atom stereocenters. The van der Waals surface area contributed by atoms with Crippen LogP contribution in [0.1, 0.15) is 57.3 Å². The Kier molecular flexibility index (Phi) is 11.3. The Morgan fingerprint density at radius 3 is 2.27 bits per heavy atom. The van der Waals surface area contributed by atoms with Crippen LogP contribution in [-0.2, 0) is 20.9 Å². The molecule has 0 aliphatic carbocycles. The number of nitrogens with one attached hydrogen (secondary N) is 1. The van der Waals surface area contributed by atoms with E-state index in [1.165, 1.54) is 6.07 Å². The van der Waals surface area contributed by atoms with E-state index < -0.39 is 11.6 Å². The summed E-state index contributed by atoms with van der Waals surface area (Å²) in [6.45, 7) is 7.68. The molecule has 1 aliphatic rings. The number of aromatic nitrogens is 1. The highest BCUT2D eigenvalue weighted by atomic mass is 32.1. The number of nitrogens with two attached hydrogens (primary N) is 1. The van der Waals surface area contributed by atoms with E-state index in [2.05, 4.69) is 38.7 Å². The Balaban J connectivity index is 0.000000575. The summed E-state index contributed by atoms with van der Waals surface area (Å²) < 4.78 is 30.7. The van der Waals surface area contributed by atoms with Crippen molar-refractivity contribution in [3.8, 4) is 11.1 Å². The normalized spacial score (nSPS) is 13.8. The number of thiol groups is 1. The average molecular weight is 585 g/mol. The number of carbonyl (C=O) groups is 3. The quantitative estimate of drug-likeness (QED) is 0.241. The van der Waals surface area contributed by atoms with Crippen molar-refractivity contribution in [3.63, 3.8) is 0 Å². The summed E-state index contributed by atoms with van der Waals surface area (Å²) in [5, 5.41) is 2.14. The van der Waals surface area contributed by atoms with E-state index in [1.54, 1.807) is 0 Å². The van der Waals surface area contributed by atoms with Crippen LogP contribution in [0.15, 0.2) is 60.8 Å². The van der Waals surface area contributed by atoms with Crippen molar-refractivity contribution in [1.82, 2.24) is 14.8 Å². The molecule has 220 valence electrons. The van der Waals surface area contributed by atoms with Gasteiger partial charge in [-0.1, -0.05) is 51.1 Å². The van der Waals surface area contributed by atoms with Crippen LogP contribution in [0, 0.1) is 17.0 Å². The topological polar surface area (TPSA) is 97.4 Å². The molecule has 3 N–H and O–H groups in total. The van der Waals surface area contributed by atoms with Gasteiger partial charge in [-0.2, -0.15) is 12.6 Å². The number of halogens is 2. The van der Waals surface area contributed by atoms with Crippen molar-refractivity contribution in [2.75, 3.05) is 18.8 Å². The smallest absolute Gasteiger partial charge is 0.232 e. The molecular formula is C31H38F2N4O3S. The second-order valence-electron chi connectivity index (χ2n) is 11.0. The third-order valence-electron chi connectivity index (χ3n) is 6.69. The standard InChI is InChI=1S/C27H33F2N3OS.C4H5NO2/c1-27(2,3)26(32(13-7-12-30)25(33)18-34)24-14-20(22-15-21(28)10-11-23(22)29)17-31(24)16-19-8-5-4-6-9-19;6-3-1-2-4(7)5-3/h4-6,8-11,14-15,17,26,34H,7,12-13,16,18,30H2,1-3H3;1-2H2,(H,5,6,7). The number of benzene rings is 2. The summed E-state index contributed by atoms with van der Waals surface area (Å²) in [4.78, 5) is 35.1. The van der Waals surface area contributed by atoms with Crippen LogP contribution in [0.4, 0.5) is 8.78 Å². The largest absolute Gasteiger partial charge is 0.344 e. The summed E-state index contributed by atoms with van der Waals surface area (Å²) in [6, 6.07) is 14.9. The van der Waals surface area contributed by atoms with Gasteiger partial charge >= 0.3 is 0 Å². The van der Waals surface area contributed by atoms with Gasteiger partial charge in [0.25, 0.3) is 0 Å². The summed E-state index contributed by atoms with van der Waals surface area (Å²) in [7, 11) is 0. The zero-order valence-electron chi connectivity index (χ0n) is 23.7. The highest BCUT2D eigenvalue weighted by Gasteiger charge is 2.36. The first-order valence-corrected chi connectivity index (χ1v) is 14.2. The van der Waals surface area contributed by atoms with Gasteiger partial charge in [-0.05, 0) is 48.2 Å². The highest BCUT2D eigenvalue weighted by Crippen LogP contribution is 2.41. The van der Waals surface area contributed by atoms with Crippen molar-refractivity contribution < 1.29 is 23.2 Å². The molecule has 1 aromatic heterocycles. The van der Waals surface area contributed by atoms with Gasteiger partial charge in [-0.15, -0.1) is 0 Å². The van der Waals surface area contributed by atoms with Crippen LogP contribution in [-0.4, -0.2) is 46.0 Å². The van der Waals surface area contributed by atoms with E-state index in [9.17, 15) is 23.2 Å². The van der Waals surface area contributed by atoms with Crippen LogP contribution in [0.5, 0.6) is 0 Å². The maximum Gasteiger partial charge on any atom is 0.232 e. The molecule has 3 amide bonds. The average Bonchev–Trinajstić information content (AvgIpc) is 3.51. The van der Waals surface area contributed by atoms with E-state index in [0.717, 1.165) is 23.4 Å². The second kappa shape index (κ2) is 14.4. The minimum absolute atomic E-state index is 0.0714. The van der Waals surface area contributed by atoms with Crippen molar-refractivity contribution in [2.24, 2.45) is 11.1 Å².